The third-order valence-corrected chi connectivity index (χ3v) is 8.25. The second-order valence-corrected chi connectivity index (χ2v) is 10.7. The van der Waals surface area contributed by atoms with Crippen molar-refractivity contribution in [3.05, 3.63) is 60.7 Å². The van der Waals surface area contributed by atoms with Gasteiger partial charge in [-0.2, -0.15) is 0 Å². The van der Waals surface area contributed by atoms with Crippen LogP contribution in [-0.4, -0.2) is 37.0 Å². The number of rotatable bonds is 17. The van der Waals surface area contributed by atoms with Crippen molar-refractivity contribution in [2.45, 2.75) is 71.6 Å². The minimum Gasteiger partial charge on any atom is -0.363 e. The maximum atomic E-state index is 4.84. The molecule has 0 fully saturated rings. The van der Waals surface area contributed by atoms with Crippen molar-refractivity contribution in [1.29, 1.82) is 0 Å². The van der Waals surface area contributed by atoms with Gasteiger partial charge < -0.3 is 4.90 Å². The van der Waals surface area contributed by atoms with E-state index in [4.69, 9.17) is 4.99 Å². The minimum absolute atomic E-state index is 0.298. The van der Waals surface area contributed by atoms with Crippen LogP contribution in [0.4, 0.5) is 0 Å². The second kappa shape index (κ2) is 17.0. The number of hydrogen-bond donors (Lipinski definition) is 0. The van der Waals surface area contributed by atoms with Crippen LogP contribution in [0.25, 0.3) is 0 Å². The average molecular weight is 439 g/mol. The van der Waals surface area contributed by atoms with Gasteiger partial charge in [0.1, 0.15) is 0 Å². The van der Waals surface area contributed by atoms with Gasteiger partial charge in [0.05, 0.1) is 6.34 Å². The first-order valence-electron chi connectivity index (χ1n) is 12.5. The van der Waals surface area contributed by atoms with Crippen molar-refractivity contribution in [2.24, 2.45) is 4.99 Å². The lowest BCUT2D eigenvalue weighted by Gasteiger charge is -2.20. The van der Waals surface area contributed by atoms with Crippen LogP contribution < -0.4 is 10.6 Å². The molecule has 0 N–H and O–H groups in total. The summed E-state index contributed by atoms with van der Waals surface area (Å²) in [7, 11) is -0.298. The predicted octanol–water partition coefficient (Wildman–Crippen LogP) is 7.00. The van der Waals surface area contributed by atoms with Crippen molar-refractivity contribution in [2.75, 3.05) is 25.8 Å². The highest BCUT2D eigenvalue weighted by Crippen LogP contribution is 2.33. The highest BCUT2D eigenvalue weighted by atomic mass is 31.1. The molecule has 2 aromatic rings. The van der Waals surface area contributed by atoms with Gasteiger partial charge in [-0.05, 0) is 44.0 Å². The Morgan fingerprint density at radius 3 is 1.68 bits per heavy atom. The number of benzene rings is 2. The van der Waals surface area contributed by atoms with Gasteiger partial charge in [0.2, 0.25) is 0 Å². The topological polar surface area (TPSA) is 15.6 Å². The predicted molar refractivity (Wildman–Crippen MR) is 142 cm³/mol. The van der Waals surface area contributed by atoms with Crippen LogP contribution >= 0.6 is 7.92 Å². The van der Waals surface area contributed by atoms with Gasteiger partial charge in [0, 0.05) is 19.6 Å². The maximum Gasteiger partial charge on any atom is 0.0849 e. The Hall–Kier alpha value is -1.66. The molecule has 170 valence electrons. The molecular formula is C28H43N2P. The van der Waals surface area contributed by atoms with E-state index in [1.54, 1.807) is 0 Å². The smallest absolute Gasteiger partial charge is 0.0849 e. The van der Waals surface area contributed by atoms with Gasteiger partial charge in [-0.1, -0.05) is 113 Å². The molecule has 0 aliphatic heterocycles. The van der Waals surface area contributed by atoms with E-state index in [1.165, 1.54) is 68.1 Å². The third kappa shape index (κ3) is 11.0. The fourth-order valence-corrected chi connectivity index (χ4v) is 6.16. The van der Waals surface area contributed by atoms with Gasteiger partial charge in [-0.25, -0.2) is 0 Å². The van der Waals surface area contributed by atoms with Crippen LogP contribution in [0.15, 0.2) is 65.7 Å². The standard InChI is InChI=1S/C28H43N2P/c1-3-5-7-15-23-30(24-16-8-6-4-2)26-29-22-17-25-31(27-18-11-9-12-19-27)28-20-13-10-14-21-28/h9-14,18-21,26H,3-8,15-17,22-25H2,1-2H3. The van der Waals surface area contributed by atoms with E-state index in [1.807, 2.05) is 0 Å². The second-order valence-electron chi connectivity index (χ2n) is 8.36. The first-order valence-corrected chi connectivity index (χ1v) is 14.0. The van der Waals surface area contributed by atoms with Gasteiger partial charge in [-0.15, -0.1) is 0 Å². The summed E-state index contributed by atoms with van der Waals surface area (Å²) in [6.45, 7) is 7.82. The average Bonchev–Trinajstić information content (AvgIpc) is 2.82. The summed E-state index contributed by atoms with van der Waals surface area (Å²) in [5.41, 5.74) is 0. The lowest BCUT2D eigenvalue weighted by atomic mass is 10.2. The highest BCUT2D eigenvalue weighted by Gasteiger charge is 2.12. The fourth-order valence-electron chi connectivity index (χ4n) is 3.83. The molecule has 2 rings (SSSR count). The zero-order valence-electron chi connectivity index (χ0n) is 19.9. The van der Waals surface area contributed by atoms with Crippen LogP contribution in [-0.2, 0) is 0 Å². The number of aliphatic imine (C=N–C) groups is 1. The molecule has 0 heterocycles. The number of nitrogens with zero attached hydrogens (tertiary/aromatic N) is 2. The largest absolute Gasteiger partial charge is 0.363 e. The summed E-state index contributed by atoms with van der Waals surface area (Å²) in [5, 5.41) is 2.95. The van der Waals surface area contributed by atoms with E-state index in [2.05, 4.69) is 85.7 Å². The van der Waals surface area contributed by atoms with Crippen molar-refractivity contribution in [1.82, 2.24) is 4.90 Å². The molecule has 3 heteroatoms. The van der Waals surface area contributed by atoms with Crippen LogP contribution in [0.2, 0.25) is 0 Å². The number of hydrogen-bond acceptors (Lipinski definition) is 1. The summed E-state index contributed by atoms with van der Waals surface area (Å²) in [6.07, 6.45) is 15.1. The third-order valence-electron chi connectivity index (χ3n) is 5.65. The van der Waals surface area contributed by atoms with Gasteiger partial charge in [0.25, 0.3) is 0 Å². The van der Waals surface area contributed by atoms with E-state index in [9.17, 15) is 0 Å². The van der Waals surface area contributed by atoms with Crippen LogP contribution in [0.1, 0.15) is 71.6 Å². The first-order chi connectivity index (χ1) is 15.3. The zero-order valence-corrected chi connectivity index (χ0v) is 20.8. The molecule has 0 atom stereocenters. The van der Waals surface area contributed by atoms with Crippen LogP contribution in [0.5, 0.6) is 0 Å². The molecular weight excluding hydrogens is 395 g/mol. The van der Waals surface area contributed by atoms with Crippen LogP contribution in [0, 0.1) is 0 Å². The molecule has 2 nitrogen and oxygen atoms in total. The van der Waals surface area contributed by atoms with E-state index < -0.39 is 0 Å². The van der Waals surface area contributed by atoms with Gasteiger partial charge in [-0.3, -0.25) is 4.99 Å². The van der Waals surface area contributed by atoms with E-state index >= 15 is 0 Å². The highest BCUT2D eigenvalue weighted by molar-refractivity contribution is 7.73. The molecule has 0 radical (unpaired) electrons. The lowest BCUT2D eigenvalue weighted by Crippen LogP contribution is -2.24. The lowest BCUT2D eigenvalue weighted by molar-refractivity contribution is 0.395. The Balaban J connectivity index is 1.84. The molecule has 0 aliphatic carbocycles. The van der Waals surface area contributed by atoms with E-state index in [0.29, 0.717) is 0 Å². The van der Waals surface area contributed by atoms with Crippen molar-refractivity contribution < 1.29 is 0 Å². The van der Waals surface area contributed by atoms with Crippen molar-refractivity contribution in [3.8, 4) is 0 Å². The Kier molecular flexibility index (Phi) is 14.0. The summed E-state index contributed by atoms with van der Waals surface area (Å²) in [6, 6.07) is 22.0. The summed E-state index contributed by atoms with van der Waals surface area (Å²) in [5.74, 6) is 0. The first kappa shape index (κ1) is 25.6. The zero-order chi connectivity index (χ0) is 22.0. The van der Waals surface area contributed by atoms with Crippen molar-refractivity contribution in [3.63, 3.8) is 0 Å². The van der Waals surface area contributed by atoms with Gasteiger partial charge in [0.15, 0.2) is 0 Å². The van der Waals surface area contributed by atoms with Crippen molar-refractivity contribution >= 4 is 24.9 Å². The fraction of sp³-hybridized carbons (Fsp3) is 0.536. The SMILES string of the molecule is CCCCCCN(C=NCCCP(c1ccccc1)c1ccccc1)CCCCCC. The quantitative estimate of drug-likeness (QED) is 0.112. The summed E-state index contributed by atoms with van der Waals surface area (Å²) >= 11 is 0. The Morgan fingerprint density at radius 2 is 1.19 bits per heavy atom. The van der Waals surface area contributed by atoms with Crippen LogP contribution in [0.3, 0.4) is 0 Å². The molecule has 0 amide bonds. The molecule has 0 bridgehead atoms. The molecule has 0 unspecified atom stereocenters. The molecule has 0 saturated heterocycles. The van der Waals surface area contributed by atoms with Gasteiger partial charge >= 0.3 is 0 Å². The molecule has 0 spiro atoms. The number of unbranched alkanes of at least 4 members (excludes halogenated alkanes) is 6. The summed E-state index contributed by atoms with van der Waals surface area (Å²) in [4.78, 5) is 7.31. The monoisotopic (exact) mass is 438 g/mol. The Morgan fingerprint density at radius 1 is 0.677 bits per heavy atom. The van der Waals surface area contributed by atoms with E-state index in [-0.39, 0.29) is 7.92 Å². The normalized spacial score (nSPS) is 11.5. The summed E-state index contributed by atoms with van der Waals surface area (Å²) < 4.78 is 0. The van der Waals surface area contributed by atoms with E-state index in [0.717, 1.165) is 26.1 Å². The molecule has 31 heavy (non-hydrogen) atoms. The minimum atomic E-state index is -0.298. The Bertz CT molecular complexity index is 635. The molecule has 2 aromatic carbocycles. The maximum absolute atomic E-state index is 4.84. The molecule has 0 saturated carbocycles. The Labute approximate surface area is 192 Å². The molecule has 0 aliphatic rings. The molecule has 0 aromatic heterocycles.